The van der Waals surface area contributed by atoms with Gasteiger partial charge in [0.15, 0.2) is 0 Å². The number of hydrogen-bond acceptors (Lipinski definition) is 2. The zero-order chi connectivity index (χ0) is 15.2. The molecule has 0 atom stereocenters. The Balaban J connectivity index is 2.64. The van der Waals surface area contributed by atoms with Crippen molar-refractivity contribution in [3.05, 3.63) is 0 Å². The van der Waals surface area contributed by atoms with Crippen LogP contribution in [0.3, 0.4) is 0 Å². The molecule has 0 saturated carbocycles. The number of piperidine rings is 1. The monoisotopic (exact) mass is 284 g/mol. The summed E-state index contributed by atoms with van der Waals surface area (Å²) < 4.78 is 0. The van der Waals surface area contributed by atoms with E-state index in [1.165, 1.54) is 0 Å². The molecule has 20 heavy (non-hydrogen) atoms. The number of aliphatic carboxylic acids is 1. The molecule has 1 aliphatic rings. The molecule has 0 unspecified atom stereocenters. The second-order valence-electron chi connectivity index (χ2n) is 5.68. The van der Waals surface area contributed by atoms with Crippen LogP contribution in [0.4, 0.5) is 4.79 Å². The molecule has 1 aliphatic heterocycles. The van der Waals surface area contributed by atoms with Gasteiger partial charge in [0.25, 0.3) is 0 Å². The maximum absolute atomic E-state index is 12.4. The van der Waals surface area contributed by atoms with E-state index in [4.69, 9.17) is 0 Å². The van der Waals surface area contributed by atoms with E-state index in [1.807, 2.05) is 23.6 Å². The number of carboxylic acids is 1. The first-order chi connectivity index (χ1) is 9.50. The fraction of sp³-hybridized carbons (Fsp3) is 0.867. The van der Waals surface area contributed by atoms with Gasteiger partial charge in [0, 0.05) is 26.2 Å². The molecule has 1 N–H and O–H groups in total. The molecule has 0 spiro atoms. The van der Waals surface area contributed by atoms with Crippen molar-refractivity contribution in [2.45, 2.75) is 52.9 Å². The molecular weight excluding hydrogens is 256 g/mol. The normalized spacial score (nSPS) is 17.9. The van der Waals surface area contributed by atoms with Gasteiger partial charge >= 0.3 is 12.0 Å². The molecule has 2 amide bonds. The van der Waals surface area contributed by atoms with E-state index >= 15 is 0 Å². The Kier molecular flexibility index (Phi) is 6.30. The van der Waals surface area contributed by atoms with Gasteiger partial charge in [-0.05, 0) is 32.6 Å². The predicted molar refractivity (Wildman–Crippen MR) is 78.7 cm³/mol. The van der Waals surface area contributed by atoms with Crippen molar-refractivity contribution < 1.29 is 14.7 Å². The second kappa shape index (κ2) is 7.50. The van der Waals surface area contributed by atoms with Crippen LogP contribution in [-0.4, -0.2) is 53.1 Å². The Morgan fingerprint density at radius 1 is 1.15 bits per heavy atom. The summed E-state index contributed by atoms with van der Waals surface area (Å²) >= 11 is 0. The fourth-order valence-corrected chi connectivity index (χ4v) is 3.03. The lowest BCUT2D eigenvalue weighted by atomic mass is 9.75. The van der Waals surface area contributed by atoms with E-state index in [0.717, 1.165) is 19.4 Å². The average Bonchev–Trinajstić information content (AvgIpc) is 2.45. The first-order valence-electron chi connectivity index (χ1n) is 7.78. The van der Waals surface area contributed by atoms with Crippen molar-refractivity contribution in [3.63, 3.8) is 0 Å². The van der Waals surface area contributed by atoms with Crippen molar-refractivity contribution in [1.82, 2.24) is 9.80 Å². The molecule has 116 valence electrons. The first kappa shape index (κ1) is 16.8. The Bertz CT molecular complexity index is 336. The number of carbonyl (C=O) groups excluding carboxylic acids is 1. The molecule has 0 aromatic heterocycles. The minimum absolute atomic E-state index is 0.0600. The van der Waals surface area contributed by atoms with Gasteiger partial charge in [-0.25, -0.2) is 4.79 Å². The molecule has 5 heteroatoms. The number of amides is 2. The number of carbonyl (C=O) groups is 2. The van der Waals surface area contributed by atoms with Crippen molar-refractivity contribution in [2.24, 2.45) is 5.41 Å². The van der Waals surface area contributed by atoms with Gasteiger partial charge in [-0.3, -0.25) is 4.79 Å². The van der Waals surface area contributed by atoms with Gasteiger partial charge in [0.05, 0.1) is 5.41 Å². The summed E-state index contributed by atoms with van der Waals surface area (Å²) in [5, 5.41) is 9.47. The van der Waals surface area contributed by atoms with E-state index in [9.17, 15) is 14.7 Å². The molecule has 0 aromatic rings. The molecule has 0 radical (unpaired) electrons. The van der Waals surface area contributed by atoms with Crippen molar-refractivity contribution in [1.29, 1.82) is 0 Å². The first-order valence-corrected chi connectivity index (χ1v) is 7.78. The van der Waals surface area contributed by atoms with Crippen LogP contribution in [0.2, 0.25) is 0 Å². The van der Waals surface area contributed by atoms with Crippen LogP contribution >= 0.6 is 0 Å². The number of hydrogen-bond donors (Lipinski definition) is 1. The van der Waals surface area contributed by atoms with Crippen LogP contribution in [-0.2, 0) is 4.79 Å². The third-order valence-corrected chi connectivity index (χ3v) is 4.32. The molecule has 1 rings (SSSR count). The molecule has 0 aliphatic carbocycles. The van der Waals surface area contributed by atoms with Crippen LogP contribution in [0.15, 0.2) is 0 Å². The molecule has 1 saturated heterocycles. The zero-order valence-corrected chi connectivity index (χ0v) is 13.0. The van der Waals surface area contributed by atoms with E-state index in [1.54, 1.807) is 0 Å². The smallest absolute Gasteiger partial charge is 0.319 e. The van der Waals surface area contributed by atoms with Crippen LogP contribution in [0.1, 0.15) is 52.9 Å². The van der Waals surface area contributed by atoms with Gasteiger partial charge in [-0.2, -0.15) is 0 Å². The summed E-state index contributed by atoms with van der Waals surface area (Å²) in [6.07, 6.45) is 3.67. The number of nitrogens with zero attached hydrogens (tertiary/aromatic N) is 2. The molecule has 1 fully saturated rings. The van der Waals surface area contributed by atoms with Crippen LogP contribution in [0.5, 0.6) is 0 Å². The number of carboxylic acid groups (broad SMARTS) is 1. The van der Waals surface area contributed by atoms with Crippen LogP contribution in [0.25, 0.3) is 0 Å². The highest BCUT2D eigenvalue weighted by atomic mass is 16.4. The zero-order valence-electron chi connectivity index (χ0n) is 13.0. The van der Waals surface area contributed by atoms with Crippen molar-refractivity contribution in [3.8, 4) is 0 Å². The van der Waals surface area contributed by atoms with E-state index < -0.39 is 11.4 Å². The molecule has 5 nitrogen and oxygen atoms in total. The molecule has 1 heterocycles. The highest BCUT2D eigenvalue weighted by Crippen LogP contribution is 2.36. The SMILES string of the molecule is CCCN(CC)C(=O)N1CCC(CCC)(C(=O)O)CC1. The van der Waals surface area contributed by atoms with Gasteiger partial charge in [0.2, 0.25) is 0 Å². The molecule has 0 aromatic carbocycles. The Labute approximate surface area is 121 Å². The topological polar surface area (TPSA) is 60.9 Å². The van der Waals surface area contributed by atoms with Crippen LogP contribution in [0, 0.1) is 5.41 Å². The quantitative estimate of drug-likeness (QED) is 0.816. The van der Waals surface area contributed by atoms with Crippen LogP contribution < -0.4 is 0 Å². The van der Waals surface area contributed by atoms with Gasteiger partial charge < -0.3 is 14.9 Å². The van der Waals surface area contributed by atoms with E-state index in [0.29, 0.717) is 38.9 Å². The Hall–Kier alpha value is -1.26. The van der Waals surface area contributed by atoms with Gasteiger partial charge in [0.1, 0.15) is 0 Å². The highest BCUT2D eigenvalue weighted by Gasteiger charge is 2.41. The third-order valence-electron chi connectivity index (χ3n) is 4.32. The lowest BCUT2D eigenvalue weighted by Gasteiger charge is -2.40. The minimum atomic E-state index is -0.702. The maximum atomic E-state index is 12.4. The largest absolute Gasteiger partial charge is 0.481 e. The van der Waals surface area contributed by atoms with Gasteiger partial charge in [-0.1, -0.05) is 20.3 Å². The average molecular weight is 284 g/mol. The number of likely N-dealkylation sites (tertiary alicyclic amines) is 1. The maximum Gasteiger partial charge on any atom is 0.319 e. The summed E-state index contributed by atoms with van der Waals surface area (Å²) in [7, 11) is 0. The summed E-state index contributed by atoms with van der Waals surface area (Å²) in [6.45, 7) is 8.66. The Morgan fingerprint density at radius 3 is 2.15 bits per heavy atom. The van der Waals surface area contributed by atoms with E-state index in [2.05, 4.69) is 6.92 Å². The summed E-state index contributed by atoms with van der Waals surface area (Å²) in [4.78, 5) is 27.5. The lowest BCUT2D eigenvalue weighted by Crippen LogP contribution is -2.51. The standard InChI is InChI=1S/C15H28N2O3/c1-4-7-15(13(18)19)8-11-17(12-9-15)14(20)16(6-3)10-5-2/h4-12H2,1-3H3,(H,18,19). The number of urea groups is 1. The Morgan fingerprint density at radius 2 is 1.75 bits per heavy atom. The third kappa shape index (κ3) is 3.64. The summed E-state index contributed by atoms with van der Waals surface area (Å²) in [6, 6.07) is 0.0600. The van der Waals surface area contributed by atoms with Gasteiger partial charge in [-0.15, -0.1) is 0 Å². The minimum Gasteiger partial charge on any atom is -0.481 e. The summed E-state index contributed by atoms with van der Waals surface area (Å²) in [5.41, 5.74) is -0.618. The predicted octanol–water partition coefficient (Wildman–Crippen LogP) is 2.81. The van der Waals surface area contributed by atoms with E-state index in [-0.39, 0.29) is 6.03 Å². The lowest BCUT2D eigenvalue weighted by molar-refractivity contribution is -0.152. The fourth-order valence-electron chi connectivity index (χ4n) is 3.03. The van der Waals surface area contributed by atoms with Crippen molar-refractivity contribution in [2.75, 3.05) is 26.2 Å². The molecular formula is C15H28N2O3. The van der Waals surface area contributed by atoms with Crippen molar-refractivity contribution >= 4 is 12.0 Å². The summed E-state index contributed by atoms with van der Waals surface area (Å²) in [5.74, 6) is -0.702. The number of rotatable bonds is 6. The second-order valence-corrected chi connectivity index (χ2v) is 5.68. The highest BCUT2D eigenvalue weighted by molar-refractivity contribution is 5.77. The molecule has 0 bridgehead atoms.